The molecule has 0 radical (unpaired) electrons. The highest BCUT2D eigenvalue weighted by Crippen LogP contribution is 2.36. The summed E-state index contributed by atoms with van der Waals surface area (Å²) in [7, 11) is 0.461. The van der Waals surface area contributed by atoms with Crippen molar-refractivity contribution in [3.8, 4) is 0 Å². The SMILES string of the molecule is COC(=O)C(F)(F)c1c(F)c(F)c(F)c(F)c1F. The summed E-state index contributed by atoms with van der Waals surface area (Å²) in [4.78, 5) is 10.6. The van der Waals surface area contributed by atoms with Crippen LogP contribution in [0.25, 0.3) is 0 Å². The molecule has 1 aromatic rings. The third kappa shape index (κ3) is 1.89. The van der Waals surface area contributed by atoms with E-state index in [0.717, 1.165) is 0 Å². The molecule has 0 unspecified atom stereocenters. The summed E-state index contributed by atoms with van der Waals surface area (Å²) in [5, 5.41) is 0. The van der Waals surface area contributed by atoms with E-state index in [9.17, 15) is 35.5 Å². The maximum Gasteiger partial charge on any atom is 0.381 e. The monoisotopic (exact) mass is 276 g/mol. The molecule has 2 nitrogen and oxygen atoms in total. The summed E-state index contributed by atoms with van der Waals surface area (Å²) in [6, 6.07) is 0. The molecule has 0 amide bonds. The van der Waals surface area contributed by atoms with Gasteiger partial charge < -0.3 is 4.74 Å². The van der Waals surface area contributed by atoms with E-state index >= 15 is 0 Å². The Morgan fingerprint density at radius 1 is 0.889 bits per heavy atom. The van der Waals surface area contributed by atoms with Crippen LogP contribution in [0.2, 0.25) is 0 Å². The van der Waals surface area contributed by atoms with Crippen LogP contribution in [0.4, 0.5) is 30.7 Å². The van der Waals surface area contributed by atoms with Crippen LogP contribution in [0, 0.1) is 29.1 Å². The molecule has 0 aliphatic rings. The van der Waals surface area contributed by atoms with Crippen LogP contribution in [-0.2, 0) is 15.5 Å². The van der Waals surface area contributed by atoms with Crippen LogP contribution >= 0.6 is 0 Å². The lowest BCUT2D eigenvalue weighted by Gasteiger charge is -2.16. The van der Waals surface area contributed by atoms with Gasteiger partial charge in [-0.3, -0.25) is 0 Å². The molecule has 0 saturated carbocycles. The number of ether oxygens (including phenoxy) is 1. The Hall–Kier alpha value is -1.80. The van der Waals surface area contributed by atoms with Gasteiger partial charge >= 0.3 is 11.9 Å². The molecule has 0 fully saturated rings. The number of hydrogen-bond acceptors (Lipinski definition) is 2. The second-order valence-electron chi connectivity index (χ2n) is 3.01. The van der Waals surface area contributed by atoms with Gasteiger partial charge in [0.2, 0.25) is 5.82 Å². The highest BCUT2D eigenvalue weighted by Gasteiger charge is 2.49. The first kappa shape index (κ1) is 14.3. The number of hydrogen-bond donors (Lipinski definition) is 0. The van der Waals surface area contributed by atoms with E-state index in [1.165, 1.54) is 0 Å². The van der Waals surface area contributed by atoms with Crippen LogP contribution in [0.15, 0.2) is 0 Å². The molecule has 0 aromatic heterocycles. The number of halogens is 7. The van der Waals surface area contributed by atoms with Crippen LogP contribution in [0.3, 0.4) is 0 Å². The standard InChI is InChI=1S/C9H3F7O2/c1-18-8(17)9(15,16)2-3(10)5(12)7(14)6(13)4(2)11/h1H3. The van der Waals surface area contributed by atoms with Gasteiger partial charge in [-0.15, -0.1) is 0 Å². The van der Waals surface area contributed by atoms with Crippen molar-refractivity contribution >= 4 is 5.97 Å². The van der Waals surface area contributed by atoms with Crippen LogP contribution in [0.1, 0.15) is 5.56 Å². The van der Waals surface area contributed by atoms with Crippen molar-refractivity contribution in [2.24, 2.45) is 0 Å². The Bertz CT molecular complexity index is 483. The van der Waals surface area contributed by atoms with E-state index in [0.29, 0.717) is 7.11 Å². The summed E-state index contributed by atoms with van der Waals surface area (Å²) >= 11 is 0. The lowest BCUT2D eigenvalue weighted by molar-refractivity contribution is -0.171. The van der Waals surface area contributed by atoms with Gasteiger partial charge in [-0.2, -0.15) is 8.78 Å². The first-order valence-electron chi connectivity index (χ1n) is 4.14. The maximum atomic E-state index is 13.2. The summed E-state index contributed by atoms with van der Waals surface area (Å²) < 4.78 is 93.7. The van der Waals surface area contributed by atoms with Crippen LogP contribution in [0.5, 0.6) is 0 Å². The van der Waals surface area contributed by atoms with E-state index in [1.807, 2.05) is 0 Å². The average Bonchev–Trinajstić information content (AvgIpc) is 2.32. The predicted molar refractivity (Wildman–Crippen MR) is 42.1 cm³/mol. The fourth-order valence-electron chi connectivity index (χ4n) is 1.11. The number of benzene rings is 1. The second-order valence-corrected chi connectivity index (χ2v) is 3.01. The maximum absolute atomic E-state index is 13.2. The first-order chi connectivity index (χ1) is 8.16. The molecule has 0 atom stereocenters. The normalized spacial score (nSPS) is 11.6. The summed E-state index contributed by atoms with van der Waals surface area (Å²) in [5.74, 6) is -20.8. The zero-order chi connectivity index (χ0) is 14.2. The van der Waals surface area contributed by atoms with Gasteiger partial charge in [-0.05, 0) is 0 Å². The second kappa shape index (κ2) is 4.46. The molecule has 0 aliphatic carbocycles. The van der Waals surface area contributed by atoms with Crippen LogP contribution < -0.4 is 0 Å². The van der Waals surface area contributed by atoms with E-state index in [2.05, 4.69) is 4.74 Å². The van der Waals surface area contributed by atoms with Crippen molar-refractivity contribution in [2.75, 3.05) is 7.11 Å². The number of carbonyl (C=O) groups is 1. The van der Waals surface area contributed by atoms with Crippen molar-refractivity contribution in [2.45, 2.75) is 5.92 Å². The third-order valence-electron chi connectivity index (χ3n) is 1.97. The third-order valence-corrected chi connectivity index (χ3v) is 1.97. The Labute approximate surface area is 95.0 Å². The van der Waals surface area contributed by atoms with Gasteiger partial charge in [0, 0.05) is 0 Å². The molecule has 0 saturated heterocycles. The topological polar surface area (TPSA) is 26.3 Å². The van der Waals surface area contributed by atoms with E-state index in [1.54, 1.807) is 0 Å². The Kier molecular flexibility index (Phi) is 3.54. The summed E-state index contributed by atoms with van der Waals surface area (Å²) in [6.45, 7) is 0. The summed E-state index contributed by atoms with van der Waals surface area (Å²) in [5.41, 5.74) is -2.55. The molecule has 0 aliphatic heterocycles. The zero-order valence-corrected chi connectivity index (χ0v) is 8.46. The largest absolute Gasteiger partial charge is 0.464 e. The molecule has 1 aromatic carbocycles. The molecular weight excluding hydrogens is 273 g/mol. The van der Waals surface area contributed by atoms with Gasteiger partial charge in [0.15, 0.2) is 23.3 Å². The van der Waals surface area contributed by atoms with Crippen molar-refractivity contribution in [1.29, 1.82) is 0 Å². The van der Waals surface area contributed by atoms with Crippen molar-refractivity contribution in [3.05, 3.63) is 34.6 Å². The van der Waals surface area contributed by atoms with Crippen molar-refractivity contribution in [3.63, 3.8) is 0 Å². The lowest BCUT2D eigenvalue weighted by Crippen LogP contribution is -2.31. The highest BCUT2D eigenvalue weighted by atomic mass is 19.3. The zero-order valence-electron chi connectivity index (χ0n) is 8.46. The summed E-state index contributed by atoms with van der Waals surface area (Å²) in [6.07, 6.45) is 0. The molecule has 0 bridgehead atoms. The van der Waals surface area contributed by atoms with Crippen molar-refractivity contribution in [1.82, 2.24) is 0 Å². The van der Waals surface area contributed by atoms with E-state index in [-0.39, 0.29) is 0 Å². The first-order valence-corrected chi connectivity index (χ1v) is 4.14. The number of esters is 1. The number of rotatable bonds is 2. The lowest BCUT2D eigenvalue weighted by atomic mass is 10.1. The Balaban J connectivity index is 3.66. The molecule has 0 heterocycles. The molecular formula is C9H3F7O2. The van der Waals surface area contributed by atoms with E-state index in [4.69, 9.17) is 0 Å². The minimum atomic E-state index is -5.00. The number of methoxy groups -OCH3 is 1. The van der Waals surface area contributed by atoms with E-state index < -0.39 is 46.5 Å². The Morgan fingerprint density at radius 2 is 1.22 bits per heavy atom. The Morgan fingerprint density at radius 3 is 1.56 bits per heavy atom. The molecule has 1 rings (SSSR count). The van der Waals surface area contributed by atoms with Gasteiger partial charge in [-0.25, -0.2) is 26.7 Å². The smallest absolute Gasteiger partial charge is 0.381 e. The number of alkyl halides is 2. The fraction of sp³-hybridized carbons (Fsp3) is 0.222. The predicted octanol–water partition coefficient (Wildman–Crippen LogP) is 2.65. The minimum Gasteiger partial charge on any atom is -0.464 e. The van der Waals surface area contributed by atoms with Gasteiger partial charge in [0.05, 0.1) is 7.11 Å². The minimum absolute atomic E-state index is 0.461. The molecule has 18 heavy (non-hydrogen) atoms. The van der Waals surface area contributed by atoms with Gasteiger partial charge in [0.1, 0.15) is 5.56 Å². The molecule has 0 spiro atoms. The quantitative estimate of drug-likeness (QED) is 0.359. The molecule has 100 valence electrons. The molecule has 0 N–H and O–H groups in total. The number of carbonyl (C=O) groups excluding carboxylic acids is 1. The average molecular weight is 276 g/mol. The van der Waals surface area contributed by atoms with Crippen molar-refractivity contribution < 1.29 is 40.3 Å². The highest BCUT2D eigenvalue weighted by molar-refractivity contribution is 5.79. The van der Waals surface area contributed by atoms with Gasteiger partial charge in [0.25, 0.3) is 0 Å². The molecule has 9 heteroatoms. The van der Waals surface area contributed by atoms with Gasteiger partial charge in [-0.1, -0.05) is 0 Å². The van der Waals surface area contributed by atoms with Crippen LogP contribution in [-0.4, -0.2) is 13.1 Å². The fourth-order valence-corrected chi connectivity index (χ4v) is 1.11.